The number of hydrogen-bond donors (Lipinski definition) is 0. The van der Waals surface area contributed by atoms with Crippen LogP contribution in [0, 0.1) is 6.92 Å². The fourth-order valence-corrected chi connectivity index (χ4v) is 5.28. The molecule has 0 radical (unpaired) electrons. The number of rotatable bonds is 6. The number of ether oxygens (including phenoxy) is 1. The van der Waals surface area contributed by atoms with E-state index < -0.39 is 0 Å². The highest BCUT2D eigenvalue weighted by Crippen LogP contribution is 2.27. The summed E-state index contributed by atoms with van der Waals surface area (Å²) in [5.41, 5.74) is 2.91. The number of amides is 1. The molecule has 0 spiro atoms. The van der Waals surface area contributed by atoms with E-state index in [0.717, 1.165) is 40.4 Å². The van der Waals surface area contributed by atoms with E-state index in [2.05, 4.69) is 4.90 Å². The predicted molar refractivity (Wildman–Crippen MR) is 132 cm³/mol. The smallest absolute Gasteiger partial charge is 0.264 e. The second-order valence-corrected chi connectivity index (χ2v) is 9.95. The van der Waals surface area contributed by atoms with Gasteiger partial charge in [-0.2, -0.15) is 0 Å². The van der Waals surface area contributed by atoms with Crippen molar-refractivity contribution < 1.29 is 9.53 Å². The molecule has 8 heteroatoms. The molecule has 1 aromatic heterocycles. The van der Waals surface area contributed by atoms with Gasteiger partial charge in [0.05, 0.1) is 4.88 Å². The molecule has 1 aliphatic rings. The Bertz CT molecular complexity index is 1090. The number of halogens is 3. The number of hydrogen-bond acceptors (Lipinski definition) is 4. The van der Waals surface area contributed by atoms with Gasteiger partial charge >= 0.3 is 0 Å². The minimum Gasteiger partial charge on any atom is -0.489 e. The van der Waals surface area contributed by atoms with Gasteiger partial charge in [0.25, 0.3) is 5.91 Å². The van der Waals surface area contributed by atoms with Crippen LogP contribution in [0.2, 0.25) is 15.1 Å². The summed E-state index contributed by atoms with van der Waals surface area (Å²) in [6, 6.07) is 13.0. The van der Waals surface area contributed by atoms with Crippen molar-refractivity contribution >= 4 is 52.0 Å². The summed E-state index contributed by atoms with van der Waals surface area (Å²) in [5, 5.41) is 4.03. The largest absolute Gasteiger partial charge is 0.489 e. The summed E-state index contributed by atoms with van der Waals surface area (Å²) in [6.07, 6.45) is 0. The third kappa shape index (κ3) is 5.59. The van der Waals surface area contributed by atoms with E-state index in [4.69, 9.17) is 39.5 Å². The van der Waals surface area contributed by atoms with Gasteiger partial charge in [-0.15, -0.1) is 11.3 Å². The Morgan fingerprint density at radius 1 is 1.03 bits per heavy atom. The summed E-state index contributed by atoms with van der Waals surface area (Å²) in [4.78, 5) is 17.9. The number of piperazine rings is 1. The molecule has 0 unspecified atom stereocenters. The summed E-state index contributed by atoms with van der Waals surface area (Å²) in [5.74, 6) is 0.863. The van der Waals surface area contributed by atoms with Crippen LogP contribution >= 0.6 is 46.1 Å². The lowest BCUT2D eigenvalue weighted by atomic mass is 10.2. The van der Waals surface area contributed by atoms with Crippen LogP contribution in [0.25, 0.3) is 0 Å². The van der Waals surface area contributed by atoms with E-state index in [-0.39, 0.29) is 5.91 Å². The Hall–Kier alpha value is -1.76. The van der Waals surface area contributed by atoms with Gasteiger partial charge in [0, 0.05) is 58.9 Å². The molecule has 1 saturated heterocycles. The Labute approximate surface area is 207 Å². The van der Waals surface area contributed by atoms with Gasteiger partial charge in [-0.25, -0.2) is 0 Å². The number of nitrogens with zero attached hydrogens (tertiary/aromatic N) is 2. The molecule has 168 valence electrons. The third-order valence-electron chi connectivity index (χ3n) is 5.50. The maximum atomic E-state index is 13.0. The number of thiophene rings is 1. The van der Waals surface area contributed by atoms with Gasteiger partial charge in [-0.1, -0.05) is 40.9 Å². The normalized spacial score (nSPS) is 14.6. The zero-order chi connectivity index (χ0) is 22.7. The van der Waals surface area contributed by atoms with Crippen LogP contribution in [0.1, 0.15) is 26.4 Å². The summed E-state index contributed by atoms with van der Waals surface area (Å²) < 4.78 is 5.90. The summed E-state index contributed by atoms with van der Waals surface area (Å²) in [6.45, 7) is 5.98. The highest BCUT2D eigenvalue weighted by molar-refractivity contribution is 7.12. The highest BCUT2D eigenvalue weighted by Gasteiger charge is 2.24. The van der Waals surface area contributed by atoms with E-state index >= 15 is 0 Å². The first-order chi connectivity index (χ1) is 15.4. The van der Waals surface area contributed by atoms with E-state index in [1.165, 1.54) is 11.3 Å². The summed E-state index contributed by atoms with van der Waals surface area (Å²) in [7, 11) is 0. The zero-order valence-corrected chi connectivity index (χ0v) is 20.7. The lowest BCUT2D eigenvalue weighted by molar-refractivity contribution is 0.0633. The molecule has 0 N–H and O–H groups in total. The first kappa shape index (κ1) is 23.4. The predicted octanol–water partition coefficient (Wildman–Crippen LogP) is 6.55. The number of benzene rings is 2. The van der Waals surface area contributed by atoms with E-state index in [1.807, 2.05) is 59.7 Å². The topological polar surface area (TPSA) is 32.8 Å². The van der Waals surface area contributed by atoms with E-state index in [1.54, 1.807) is 0 Å². The van der Waals surface area contributed by atoms with Crippen LogP contribution in [0.4, 0.5) is 0 Å². The van der Waals surface area contributed by atoms with Crippen molar-refractivity contribution in [1.82, 2.24) is 9.80 Å². The molecule has 4 rings (SSSR count). The fourth-order valence-electron chi connectivity index (χ4n) is 3.67. The second kappa shape index (κ2) is 10.4. The molecule has 4 nitrogen and oxygen atoms in total. The molecule has 0 aliphatic carbocycles. The Morgan fingerprint density at radius 2 is 1.75 bits per heavy atom. The lowest BCUT2D eigenvalue weighted by Gasteiger charge is -2.34. The third-order valence-corrected chi connectivity index (χ3v) is 7.41. The van der Waals surface area contributed by atoms with Crippen molar-refractivity contribution in [2.75, 3.05) is 26.2 Å². The molecule has 0 atom stereocenters. The van der Waals surface area contributed by atoms with E-state index in [0.29, 0.717) is 41.3 Å². The van der Waals surface area contributed by atoms with Crippen LogP contribution in [-0.2, 0) is 13.2 Å². The van der Waals surface area contributed by atoms with Crippen molar-refractivity contribution in [2.24, 2.45) is 0 Å². The van der Waals surface area contributed by atoms with Crippen molar-refractivity contribution in [3.8, 4) is 5.75 Å². The molecular formula is C24H23Cl3N2O2S. The Kier molecular flexibility index (Phi) is 7.64. The minimum atomic E-state index is 0.0688. The molecular weight excluding hydrogens is 487 g/mol. The number of carbonyl (C=O) groups is 1. The first-order valence-corrected chi connectivity index (χ1v) is 12.3. The molecule has 2 heterocycles. The second-order valence-electron chi connectivity index (χ2n) is 7.79. The van der Waals surface area contributed by atoms with Gasteiger partial charge in [-0.3, -0.25) is 9.69 Å². The monoisotopic (exact) mass is 508 g/mol. The maximum Gasteiger partial charge on any atom is 0.264 e. The maximum absolute atomic E-state index is 13.0. The summed E-state index contributed by atoms with van der Waals surface area (Å²) >= 11 is 20.1. The van der Waals surface area contributed by atoms with Gasteiger partial charge in [0.2, 0.25) is 0 Å². The van der Waals surface area contributed by atoms with Crippen LogP contribution in [0.5, 0.6) is 5.75 Å². The van der Waals surface area contributed by atoms with Gasteiger partial charge < -0.3 is 9.64 Å². The average molecular weight is 510 g/mol. The molecule has 0 saturated carbocycles. The minimum absolute atomic E-state index is 0.0688. The lowest BCUT2D eigenvalue weighted by Crippen LogP contribution is -2.48. The van der Waals surface area contributed by atoms with Crippen LogP contribution < -0.4 is 4.74 Å². The van der Waals surface area contributed by atoms with Crippen LogP contribution in [-0.4, -0.2) is 41.9 Å². The van der Waals surface area contributed by atoms with Gasteiger partial charge in [0.1, 0.15) is 12.4 Å². The molecule has 3 aromatic rings. The van der Waals surface area contributed by atoms with Gasteiger partial charge in [-0.05, 0) is 54.3 Å². The van der Waals surface area contributed by atoms with Crippen molar-refractivity contribution in [1.29, 1.82) is 0 Å². The zero-order valence-electron chi connectivity index (χ0n) is 17.6. The van der Waals surface area contributed by atoms with Crippen molar-refractivity contribution in [3.05, 3.63) is 84.5 Å². The fraction of sp³-hybridized carbons (Fsp3) is 0.292. The first-order valence-electron chi connectivity index (χ1n) is 10.3. The standard InChI is InChI=1S/C24H23Cl3N2O2S/c1-16-11-18(25)5-6-22(16)31-14-17-12-23(32-15-17)24(30)29-9-7-28(8-10-29)13-19-20(26)3-2-4-21(19)27/h2-6,11-12,15H,7-10,13-14H2,1H3. The molecule has 32 heavy (non-hydrogen) atoms. The SMILES string of the molecule is Cc1cc(Cl)ccc1OCc1csc(C(=O)N2CCN(Cc3c(Cl)cccc3Cl)CC2)c1. The number of carbonyl (C=O) groups excluding carboxylic acids is 1. The van der Waals surface area contributed by atoms with Crippen LogP contribution in [0.15, 0.2) is 47.8 Å². The highest BCUT2D eigenvalue weighted by atomic mass is 35.5. The Balaban J connectivity index is 1.30. The van der Waals surface area contributed by atoms with Crippen LogP contribution in [0.3, 0.4) is 0 Å². The molecule has 2 aromatic carbocycles. The van der Waals surface area contributed by atoms with E-state index in [9.17, 15) is 4.79 Å². The van der Waals surface area contributed by atoms with Crippen molar-refractivity contribution in [2.45, 2.75) is 20.1 Å². The number of aryl methyl sites for hydroxylation is 1. The molecule has 0 bridgehead atoms. The van der Waals surface area contributed by atoms with Crippen molar-refractivity contribution in [3.63, 3.8) is 0 Å². The molecule has 1 amide bonds. The Morgan fingerprint density at radius 3 is 2.44 bits per heavy atom. The molecule has 1 fully saturated rings. The van der Waals surface area contributed by atoms with Gasteiger partial charge in [0.15, 0.2) is 0 Å². The molecule has 1 aliphatic heterocycles. The quantitative estimate of drug-likeness (QED) is 0.377. The average Bonchev–Trinajstić information content (AvgIpc) is 3.25.